The summed E-state index contributed by atoms with van der Waals surface area (Å²) >= 11 is 0. The van der Waals surface area contributed by atoms with Gasteiger partial charge in [0, 0.05) is 18.6 Å². The molecular weight excluding hydrogens is 262 g/mol. The summed E-state index contributed by atoms with van der Waals surface area (Å²) in [6.07, 6.45) is 5.78. The van der Waals surface area contributed by atoms with Crippen molar-refractivity contribution in [2.24, 2.45) is 11.1 Å². The Balaban J connectivity index is 1.71. The van der Waals surface area contributed by atoms with E-state index >= 15 is 0 Å². The minimum atomic E-state index is -0.645. The molecule has 1 aromatic rings. The van der Waals surface area contributed by atoms with Gasteiger partial charge in [0.1, 0.15) is 0 Å². The molecule has 0 spiro atoms. The lowest BCUT2D eigenvalue weighted by atomic mass is 9.60. The van der Waals surface area contributed by atoms with Crippen LogP contribution in [-0.2, 0) is 4.74 Å². The van der Waals surface area contributed by atoms with E-state index in [1.165, 1.54) is 5.56 Å². The SMILES string of the molecule is NCC1(C2(O)CCC(c3ccccc3)CC2)CCCOC1. The molecule has 1 aliphatic carbocycles. The van der Waals surface area contributed by atoms with Crippen molar-refractivity contribution < 1.29 is 9.84 Å². The first-order valence-electron chi connectivity index (χ1n) is 8.24. The van der Waals surface area contributed by atoms with Crippen LogP contribution < -0.4 is 5.73 Å². The fraction of sp³-hybridized carbons (Fsp3) is 0.667. The number of nitrogens with two attached hydrogens (primary N) is 1. The zero-order valence-electron chi connectivity index (χ0n) is 12.8. The summed E-state index contributed by atoms with van der Waals surface area (Å²) in [5.74, 6) is 0.575. The topological polar surface area (TPSA) is 55.5 Å². The van der Waals surface area contributed by atoms with Crippen molar-refractivity contribution in [2.75, 3.05) is 19.8 Å². The van der Waals surface area contributed by atoms with Crippen LogP contribution in [0.25, 0.3) is 0 Å². The highest BCUT2D eigenvalue weighted by atomic mass is 16.5. The first-order valence-corrected chi connectivity index (χ1v) is 8.24. The van der Waals surface area contributed by atoms with E-state index < -0.39 is 5.60 Å². The molecule has 1 unspecified atom stereocenters. The number of hydrogen-bond donors (Lipinski definition) is 2. The lowest BCUT2D eigenvalue weighted by Gasteiger charge is -2.51. The lowest BCUT2D eigenvalue weighted by Crippen LogP contribution is -2.58. The molecular formula is C18H27NO2. The average molecular weight is 289 g/mol. The van der Waals surface area contributed by atoms with Crippen LogP contribution >= 0.6 is 0 Å². The molecule has 21 heavy (non-hydrogen) atoms. The second-order valence-corrected chi connectivity index (χ2v) is 6.86. The van der Waals surface area contributed by atoms with Crippen LogP contribution in [0.2, 0.25) is 0 Å². The predicted octanol–water partition coefficient (Wildman–Crippen LogP) is 2.83. The molecule has 2 aliphatic rings. The second kappa shape index (κ2) is 6.07. The smallest absolute Gasteiger partial charge is 0.0738 e. The second-order valence-electron chi connectivity index (χ2n) is 6.86. The van der Waals surface area contributed by atoms with Gasteiger partial charge in [-0.25, -0.2) is 0 Å². The van der Waals surface area contributed by atoms with Gasteiger partial charge in [-0.05, 0) is 50.0 Å². The molecule has 1 saturated carbocycles. The average Bonchev–Trinajstić information content (AvgIpc) is 2.57. The number of ether oxygens (including phenoxy) is 1. The van der Waals surface area contributed by atoms with Gasteiger partial charge in [0.25, 0.3) is 0 Å². The molecule has 3 heteroatoms. The number of benzene rings is 1. The number of rotatable bonds is 3. The third-order valence-electron chi connectivity index (χ3n) is 5.78. The summed E-state index contributed by atoms with van der Waals surface area (Å²) in [5.41, 5.74) is 6.59. The first-order chi connectivity index (χ1) is 10.2. The van der Waals surface area contributed by atoms with Gasteiger partial charge < -0.3 is 15.6 Å². The molecule has 1 saturated heterocycles. The van der Waals surface area contributed by atoms with Gasteiger partial charge in [-0.2, -0.15) is 0 Å². The molecule has 0 amide bonds. The molecule has 116 valence electrons. The Morgan fingerprint density at radius 1 is 1.14 bits per heavy atom. The molecule has 0 aromatic heterocycles. The van der Waals surface area contributed by atoms with Crippen LogP contribution in [0, 0.1) is 5.41 Å². The van der Waals surface area contributed by atoms with Gasteiger partial charge in [-0.1, -0.05) is 30.3 Å². The Morgan fingerprint density at radius 3 is 2.43 bits per heavy atom. The van der Waals surface area contributed by atoms with E-state index in [9.17, 15) is 5.11 Å². The van der Waals surface area contributed by atoms with Crippen molar-refractivity contribution in [3.63, 3.8) is 0 Å². The normalized spacial score (nSPS) is 37.3. The van der Waals surface area contributed by atoms with Gasteiger partial charge in [-0.15, -0.1) is 0 Å². The maximum atomic E-state index is 11.3. The van der Waals surface area contributed by atoms with Gasteiger partial charge in [0.2, 0.25) is 0 Å². The van der Waals surface area contributed by atoms with E-state index in [-0.39, 0.29) is 5.41 Å². The molecule has 3 N–H and O–H groups in total. The molecule has 1 aliphatic heterocycles. The standard InChI is InChI=1S/C18H27NO2/c19-13-17(9-4-12-21-14-17)18(20)10-7-16(8-11-18)15-5-2-1-3-6-15/h1-3,5-6,16,20H,4,7-14,19H2. The quantitative estimate of drug-likeness (QED) is 0.899. The Morgan fingerprint density at radius 2 is 1.86 bits per heavy atom. The van der Waals surface area contributed by atoms with Crippen molar-refractivity contribution >= 4 is 0 Å². The lowest BCUT2D eigenvalue weighted by molar-refractivity contribution is -0.160. The van der Waals surface area contributed by atoms with Gasteiger partial charge in [-0.3, -0.25) is 0 Å². The Bertz CT molecular complexity index is 446. The molecule has 1 aromatic carbocycles. The van der Waals surface area contributed by atoms with Crippen molar-refractivity contribution in [1.29, 1.82) is 0 Å². The maximum absolute atomic E-state index is 11.3. The zero-order chi connectivity index (χ0) is 14.8. The van der Waals surface area contributed by atoms with E-state index in [1.807, 2.05) is 0 Å². The Labute approximate surface area is 127 Å². The van der Waals surface area contributed by atoms with Crippen molar-refractivity contribution in [1.82, 2.24) is 0 Å². The predicted molar refractivity (Wildman–Crippen MR) is 84.1 cm³/mol. The summed E-state index contributed by atoms with van der Waals surface area (Å²) in [6, 6.07) is 10.7. The zero-order valence-corrected chi connectivity index (χ0v) is 12.8. The van der Waals surface area contributed by atoms with Crippen molar-refractivity contribution in [3.8, 4) is 0 Å². The monoisotopic (exact) mass is 289 g/mol. The van der Waals surface area contributed by atoms with E-state index in [0.717, 1.165) is 45.1 Å². The molecule has 1 atom stereocenters. The third-order valence-corrected chi connectivity index (χ3v) is 5.78. The third kappa shape index (κ3) is 2.75. The van der Waals surface area contributed by atoms with Gasteiger partial charge >= 0.3 is 0 Å². The fourth-order valence-electron chi connectivity index (χ4n) is 4.25. The van der Waals surface area contributed by atoms with Gasteiger partial charge in [0.05, 0.1) is 12.2 Å². The van der Waals surface area contributed by atoms with Crippen LogP contribution in [0.15, 0.2) is 30.3 Å². The molecule has 0 bridgehead atoms. The van der Waals surface area contributed by atoms with Gasteiger partial charge in [0.15, 0.2) is 0 Å². The van der Waals surface area contributed by atoms with Crippen molar-refractivity contribution in [3.05, 3.63) is 35.9 Å². The van der Waals surface area contributed by atoms with Crippen LogP contribution in [0.5, 0.6) is 0 Å². The summed E-state index contributed by atoms with van der Waals surface area (Å²) < 4.78 is 5.67. The minimum Gasteiger partial charge on any atom is -0.389 e. The molecule has 1 heterocycles. The van der Waals surface area contributed by atoms with Crippen molar-refractivity contribution in [2.45, 2.75) is 50.0 Å². The van der Waals surface area contributed by atoms with Crippen LogP contribution in [0.1, 0.15) is 50.0 Å². The molecule has 3 rings (SSSR count). The van der Waals surface area contributed by atoms with E-state index in [0.29, 0.717) is 19.1 Å². The highest BCUT2D eigenvalue weighted by Gasteiger charge is 2.51. The van der Waals surface area contributed by atoms with E-state index in [2.05, 4.69) is 30.3 Å². The Hall–Kier alpha value is -0.900. The summed E-state index contributed by atoms with van der Waals surface area (Å²) in [7, 11) is 0. The summed E-state index contributed by atoms with van der Waals surface area (Å²) in [4.78, 5) is 0. The highest BCUT2D eigenvalue weighted by Crippen LogP contribution is 2.49. The summed E-state index contributed by atoms with van der Waals surface area (Å²) in [5, 5.41) is 11.3. The minimum absolute atomic E-state index is 0.229. The molecule has 2 fully saturated rings. The summed E-state index contributed by atoms with van der Waals surface area (Å²) in [6.45, 7) is 1.96. The highest BCUT2D eigenvalue weighted by molar-refractivity contribution is 5.21. The van der Waals surface area contributed by atoms with E-state index in [1.54, 1.807) is 0 Å². The molecule has 3 nitrogen and oxygen atoms in total. The largest absolute Gasteiger partial charge is 0.389 e. The van der Waals surface area contributed by atoms with Crippen LogP contribution in [0.3, 0.4) is 0 Å². The van der Waals surface area contributed by atoms with Crippen LogP contribution in [0.4, 0.5) is 0 Å². The fourth-order valence-corrected chi connectivity index (χ4v) is 4.25. The number of aliphatic hydroxyl groups is 1. The van der Waals surface area contributed by atoms with E-state index in [4.69, 9.17) is 10.5 Å². The van der Waals surface area contributed by atoms with Crippen LogP contribution in [-0.4, -0.2) is 30.5 Å². The Kier molecular flexibility index (Phi) is 4.34. The number of hydrogen-bond acceptors (Lipinski definition) is 3. The first kappa shape index (κ1) is 15.0. The molecule has 0 radical (unpaired) electrons. The maximum Gasteiger partial charge on any atom is 0.0738 e.